The molecule has 0 bridgehead atoms. The van der Waals surface area contributed by atoms with E-state index >= 15 is 0 Å². The summed E-state index contributed by atoms with van der Waals surface area (Å²) in [4.78, 5) is 26.8. The minimum absolute atomic E-state index is 0.0104. The van der Waals surface area contributed by atoms with Gasteiger partial charge in [0, 0.05) is 36.6 Å². The first-order valence-corrected chi connectivity index (χ1v) is 9.51. The fourth-order valence-corrected chi connectivity index (χ4v) is 3.96. The summed E-state index contributed by atoms with van der Waals surface area (Å²) in [6.45, 7) is 1.18. The molecule has 7 nitrogen and oxygen atoms in total. The second-order valence-corrected chi connectivity index (χ2v) is 7.23. The van der Waals surface area contributed by atoms with Gasteiger partial charge < -0.3 is 14.2 Å². The zero-order valence-electron chi connectivity index (χ0n) is 16.4. The molecular weight excluding hydrogens is 370 g/mol. The molecule has 0 aliphatic carbocycles. The van der Waals surface area contributed by atoms with Crippen LogP contribution in [0.5, 0.6) is 5.75 Å². The number of carbonyl (C=O) groups excluding carboxylic acids is 2. The number of methoxy groups -OCH3 is 1. The molecule has 0 radical (unpaired) electrons. The van der Waals surface area contributed by atoms with Gasteiger partial charge in [0.1, 0.15) is 11.4 Å². The second kappa shape index (κ2) is 7.60. The van der Waals surface area contributed by atoms with Crippen molar-refractivity contribution in [2.45, 2.75) is 12.8 Å². The molecule has 4 rings (SSSR count). The van der Waals surface area contributed by atoms with E-state index in [-0.39, 0.29) is 5.91 Å². The lowest BCUT2D eigenvalue weighted by atomic mass is 10.00. The number of fused-ring (bicyclic) bond motifs is 2. The van der Waals surface area contributed by atoms with E-state index in [1.807, 2.05) is 46.8 Å². The molecule has 2 heterocycles. The molecule has 150 valence electrons. The molecule has 0 fully saturated rings. The van der Waals surface area contributed by atoms with Gasteiger partial charge in [0.05, 0.1) is 7.11 Å². The Labute approximate surface area is 168 Å². The van der Waals surface area contributed by atoms with Crippen LogP contribution < -0.4 is 10.2 Å². The van der Waals surface area contributed by atoms with Crippen LogP contribution in [0.2, 0.25) is 0 Å². The maximum absolute atomic E-state index is 13.2. The molecule has 0 atom stereocenters. The van der Waals surface area contributed by atoms with Crippen molar-refractivity contribution in [3.8, 4) is 5.75 Å². The van der Waals surface area contributed by atoms with Gasteiger partial charge in [-0.25, -0.2) is 5.48 Å². The molecular formula is C22H23N3O4. The van der Waals surface area contributed by atoms with Crippen molar-refractivity contribution in [1.29, 1.82) is 0 Å². The number of nitrogens with one attached hydrogen (secondary N) is 1. The zero-order valence-corrected chi connectivity index (χ0v) is 16.4. The standard InChI is InChI=1S/C22H23N3O4/c1-24-19-6-5-18(29-2)12-17(19)13-20(24)22(27)25-9-7-14-3-4-16(21(26)23-28)11-15(14)8-10-25/h3-6,11-13,28H,7-10H2,1-2H3,(H,23,26). The Balaban J connectivity index is 1.58. The highest BCUT2D eigenvalue weighted by atomic mass is 16.5. The largest absolute Gasteiger partial charge is 0.497 e. The summed E-state index contributed by atoms with van der Waals surface area (Å²) in [5.74, 6) is 0.217. The average Bonchev–Trinajstić information content (AvgIpc) is 2.94. The van der Waals surface area contributed by atoms with E-state index < -0.39 is 5.91 Å². The topological polar surface area (TPSA) is 83.8 Å². The van der Waals surface area contributed by atoms with E-state index in [0.29, 0.717) is 30.8 Å². The Hall–Kier alpha value is -3.32. The van der Waals surface area contributed by atoms with Crippen LogP contribution in [0, 0.1) is 0 Å². The van der Waals surface area contributed by atoms with Gasteiger partial charge in [-0.05, 0) is 60.4 Å². The van der Waals surface area contributed by atoms with Crippen molar-refractivity contribution in [1.82, 2.24) is 14.9 Å². The Bertz CT molecular complexity index is 1100. The molecule has 0 unspecified atom stereocenters. The van der Waals surface area contributed by atoms with Gasteiger partial charge in [0.2, 0.25) is 0 Å². The van der Waals surface area contributed by atoms with Gasteiger partial charge in [-0.3, -0.25) is 14.8 Å². The fourth-order valence-electron chi connectivity index (χ4n) is 3.96. The highest BCUT2D eigenvalue weighted by Crippen LogP contribution is 2.25. The van der Waals surface area contributed by atoms with E-state index in [9.17, 15) is 9.59 Å². The lowest BCUT2D eigenvalue weighted by Crippen LogP contribution is -2.34. The fraction of sp³-hybridized carbons (Fsp3) is 0.273. The Morgan fingerprint density at radius 3 is 2.52 bits per heavy atom. The van der Waals surface area contributed by atoms with Gasteiger partial charge in [-0.1, -0.05) is 6.07 Å². The van der Waals surface area contributed by atoms with E-state index in [1.54, 1.807) is 24.7 Å². The molecule has 0 saturated heterocycles. The van der Waals surface area contributed by atoms with Crippen LogP contribution >= 0.6 is 0 Å². The van der Waals surface area contributed by atoms with E-state index in [4.69, 9.17) is 9.94 Å². The number of ether oxygens (including phenoxy) is 1. The second-order valence-electron chi connectivity index (χ2n) is 7.23. The molecule has 2 amide bonds. The van der Waals surface area contributed by atoms with Crippen molar-refractivity contribution in [2.24, 2.45) is 7.05 Å². The lowest BCUT2D eigenvalue weighted by molar-refractivity contribution is 0.0705. The van der Waals surface area contributed by atoms with E-state index in [2.05, 4.69) is 0 Å². The predicted molar refractivity (Wildman–Crippen MR) is 108 cm³/mol. The van der Waals surface area contributed by atoms with E-state index in [1.165, 1.54) is 0 Å². The van der Waals surface area contributed by atoms with Crippen molar-refractivity contribution in [2.75, 3.05) is 20.2 Å². The highest BCUT2D eigenvalue weighted by molar-refractivity contribution is 5.99. The van der Waals surface area contributed by atoms with Gasteiger partial charge in [-0.2, -0.15) is 0 Å². The number of nitrogens with zero attached hydrogens (tertiary/aromatic N) is 2. The van der Waals surface area contributed by atoms with Gasteiger partial charge in [0.25, 0.3) is 11.8 Å². The Morgan fingerprint density at radius 2 is 1.79 bits per heavy atom. The van der Waals surface area contributed by atoms with E-state index in [0.717, 1.165) is 34.2 Å². The quantitative estimate of drug-likeness (QED) is 0.529. The maximum Gasteiger partial charge on any atom is 0.274 e. The number of hydrogen-bond acceptors (Lipinski definition) is 4. The summed E-state index contributed by atoms with van der Waals surface area (Å²) in [7, 11) is 3.52. The Morgan fingerprint density at radius 1 is 1.03 bits per heavy atom. The first-order valence-electron chi connectivity index (χ1n) is 9.51. The lowest BCUT2D eigenvalue weighted by Gasteiger charge is -2.20. The van der Waals surface area contributed by atoms with Crippen LogP contribution in [-0.4, -0.2) is 46.7 Å². The monoisotopic (exact) mass is 393 g/mol. The summed E-state index contributed by atoms with van der Waals surface area (Å²) in [5, 5.41) is 9.81. The van der Waals surface area contributed by atoms with Crippen molar-refractivity contribution >= 4 is 22.7 Å². The number of rotatable bonds is 3. The van der Waals surface area contributed by atoms with Gasteiger partial charge in [0.15, 0.2) is 0 Å². The number of hydrogen-bond donors (Lipinski definition) is 2. The summed E-state index contributed by atoms with van der Waals surface area (Å²) in [6, 6.07) is 13.1. The highest BCUT2D eigenvalue weighted by Gasteiger charge is 2.23. The number of aryl methyl sites for hydroxylation is 1. The predicted octanol–water partition coefficient (Wildman–Crippen LogP) is 2.55. The Kier molecular flexibility index (Phi) is 4.98. The van der Waals surface area contributed by atoms with Crippen LogP contribution in [0.15, 0.2) is 42.5 Å². The minimum Gasteiger partial charge on any atom is -0.497 e. The number of aromatic nitrogens is 1. The smallest absolute Gasteiger partial charge is 0.274 e. The average molecular weight is 393 g/mol. The molecule has 1 aliphatic heterocycles. The van der Waals surface area contributed by atoms with Crippen LogP contribution in [-0.2, 0) is 19.9 Å². The third-order valence-corrected chi connectivity index (χ3v) is 5.63. The van der Waals surface area contributed by atoms with Crippen molar-refractivity contribution in [3.63, 3.8) is 0 Å². The SMILES string of the molecule is COc1ccc2c(c1)cc(C(=O)N1CCc3ccc(C(=O)NO)cc3CC1)n2C. The molecule has 29 heavy (non-hydrogen) atoms. The number of hydroxylamine groups is 1. The van der Waals surface area contributed by atoms with Crippen LogP contribution in [0.1, 0.15) is 32.0 Å². The van der Waals surface area contributed by atoms with Crippen LogP contribution in [0.4, 0.5) is 0 Å². The molecule has 1 aliphatic rings. The first-order chi connectivity index (χ1) is 14.0. The summed E-state index contributed by atoms with van der Waals surface area (Å²) in [5.41, 5.74) is 5.84. The summed E-state index contributed by atoms with van der Waals surface area (Å²) < 4.78 is 7.20. The van der Waals surface area contributed by atoms with Crippen LogP contribution in [0.3, 0.4) is 0 Å². The third-order valence-electron chi connectivity index (χ3n) is 5.63. The molecule has 1 aromatic heterocycles. The number of benzene rings is 2. The molecule has 0 saturated carbocycles. The van der Waals surface area contributed by atoms with Crippen molar-refractivity contribution in [3.05, 3.63) is 64.8 Å². The normalized spacial score (nSPS) is 13.7. The number of carbonyl (C=O) groups is 2. The number of amides is 2. The van der Waals surface area contributed by atoms with Crippen LogP contribution in [0.25, 0.3) is 10.9 Å². The zero-order chi connectivity index (χ0) is 20.5. The van der Waals surface area contributed by atoms with Crippen molar-refractivity contribution < 1.29 is 19.5 Å². The molecule has 2 N–H and O–H groups in total. The van der Waals surface area contributed by atoms with Gasteiger partial charge in [-0.15, -0.1) is 0 Å². The minimum atomic E-state index is -0.532. The molecule has 2 aromatic carbocycles. The van der Waals surface area contributed by atoms with Gasteiger partial charge >= 0.3 is 0 Å². The third kappa shape index (κ3) is 3.45. The molecule has 3 aromatic rings. The summed E-state index contributed by atoms with van der Waals surface area (Å²) >= 11 is 0. The molecule has 7 heteroatoms. The molecule has 0 spiro atoms. The maximum atomic E-state index is 13.2. The summed E-state index contributed by atoms with van der Waals surface area (Å²) in [6.07, 6.45) is 1.38. The first kappa shape index (κ1) is 19.0.